The number of hydrogen-bond acceptors (Lipinski definition) is 7. The quantitative estimate of drug-likeness (QED) is 0.457. The third-order valence-corrected chi connectivity index (χ3v) is 8.13. The molecule has 0 saturated carbocycles. The first-order valence-electron chi connectivity index (χ1n) is 11.2. The van der Waals surface area contributed by atoms with Gasteiger partial charge in [0.05, 0.1) is 10.6 Å². The van der Waals surface area contributed by atoms with Gasteiger partial charge in [-0.3, -0.25) is 14.5 Å². The maximum Gasteiger partial charge on any atom is 0.242 e. The highest BCUT2D eigenvalue weighted by molar-refractivity contribution is 8.15. The van der Waals surface area contributed by atoms with Crippen LogP contribution in [0.25, 0.3) is 0 Å². The Morgan fingerprint density at radius 3 is 2.60 bits per heavy atom. The SMILES string of the molecule is CCOCCCN1C(=O)[C@H](CC(=O)Nc2ccccc2)SC1=Nc1cccc(S(=O)(=O)N(C)C)c1. The molecule has 0 aliphatic carbocycles. The minimum Gasteiger partial charge on any atom is -0.382 e. The van der Waals surface area contributed by atoms with E-state index in [0.717, 1.165) is 4.31 Å². The van der Waals surface area contributed by atoms with E-state index in [1.165, 1.54) is 38.0 Å². The van der Waals surface area contributed by atoms with Gasteiger partial charge in [0.15, 0.2) is 5.17 Å². The number of nitrogens with zero attached hydrogens (tertiary/aromatic N) is 3. The lowest BCUT2D eigenvalue weighted by molar-refractivity contribution is -0.128. The van der Waals surface area contributed by atoms with Crippen molar-refractivity contribution in [1.29, 1.82) is 0 Å². The van der Waals surface area contributed by atoms with Gasteiger partial charge in [-0.1, -0.05) is 36.0 Å². The zero-order valence-corrected chi connectivity index (χ0v) is 21.6. The zero-order valence-electron chi connectivity index (χ0n) is 20.0. The van der Waals surface area contributed by atoms with Gasteiger partial charge < -0.3 is 10.1 Å². The first-order chi connectivity index (χ1) is 16.7. The number of aliphatic imine (C=N–C) groups is 1. The molecule has 1 aliphatic rings. The normalized spacial score (nSPS) is 17.4. The van der Waals surface area contributed by atoms with Crippen LogP contribution in [0.15, 0.2) is 64.5 Å². The first-order valence-corrected chi connectivity index (χ1v) is 13.6. The first kappa shape index (κ1) is 26.9. The molecule has 3 rings (SSSR count). The van der Waals surface area contributed by atoms with Crippen LogP contribution in [0.2, 0.25) is 0 Å². The molecular weight excluding hydrogens is 488 g/mol. The summed E-state index contributed by atoms with van der Waals surface area (Å²) >= 11 is 1.21. The third-order valence-electron chi connectivity index (χ3n) is 5.14. The lowest BCUT2D eigenvalue weighted by Gasteiger charge is -2.16. The van der Waals surface area contributed by atoms with Crippen LogP contribution in [0.5, 0.6) is 0 Å². The number of para-hydroxylation sites is 1. The predicted octanol–water partition coefficient (Wildman–Crippen LogP) is 3.32. The number of hydrogen-bond donors (Lipinski definition) is 1. The number of carbonyl (C=O) groups excluding carboxylic acids is 2. The molecule has 1 fully saturated rings. The maximum atomic E-state index is 13.2. The van der Waals surface area contributed by atoms with E-state index >= 15 is 0 Å². The van der Waals surface area contributed by atoms with E-state index in [1.807, 2.05) is 25.1 Å². The van der Waals surface area contributed by atoms with Gasteiger partial charge >= 0.3 is 0 Å². The predicted molar refractivity (Wildman–Crippen MR) is 138 cm³/mol. The molecule has 1 aliphatic heterocycles. The molecule has 0 bridgehead atoms. The second-order valence-electron chi connectivity index (χ2n) is 7.94. The lowest BCUT2D eigenvalue weighted by Crippen LogP contribution is -2.34. The fraction of sp³-hybridized carbons (Fsp3) is 0.375. The van der Waals surface area contributed by atoms with Crippen molar-refractivity contribution in [1.82, 2.24) is 9.21 Å². The molecule has 0 spiro atoms. The van der Waals surface area contributed by atoms with Gasteiger partial charge in [0.1, 0.15) is 5.25 Å². The molecule has 0 aromatic heterocycles. The van der Waals surface area contributed by atoms with Crippen LogP contribution in [0.1, 0.15) is 19.8 Å². The summed E-state index contributed by atoms with van der Waals surface area (Å²) in [6.45, 7) is 3.37. The molecule has 2 aromatic carbocycles. The van der Waals surface area contributed by atoms with E-state index in [-0.39, 0.29) is 23.1 Å². The smallest absolute Gasteiger partial charge is 0.242 e. The van der Waals surface area contributed by atoms with Crippen molar-refractivity contribution < 1.29 is 22.7 Å². The monoisotopic (exact) mass is 518 g/mol. The lowest BCUT2D eigenvalue weighted by atomic mass is 10.2. The molecule has 0 unspecified atom stereocenters. The minimum absolute atomic E-state index is 0.00553. The molecule has 0 radical (unpaired) electrons. The van der Waals surface area contributed by atoms with Crippen LogP contribution in [0.4, 0.5) is 11.4 Å². The molecule has 1 N–H and O–H groups in total. The Kier molecular flexibility index (Phi) is 9.44. The van der Waals surface area contributed by atoms with E-state index in [9.17, 15) is 18.0 Å². The summed E-state index contributed by atoms with van der Waals surface area (Å²) in [4.78, 5) is 32.0. The van der Waals surface area contributed by atoms with Crippen LogP contribution < -0.4 is 5.32 Å². The van der Waals surface area contributed by atoms with Crippen molar-refractivity contribution in [2.24, 2.45) is 4.99 Å². The Morgan fingerprint density at radius 1 is 1.17 bits per heavy atom. The highest BCUT2D eigenvalue weighted by Gasteiger charge is 2.39. The summed E-state index contributed by atoms with van der Waals surface area (Å²) in [5.74, 6) is -0.470. The van der Waals surface area contributed by atoms with Crippen LogP contribution in [-0.2, 0) is 24.3 Å². The van der Waals surface area contributed by atoms with Crippen molar-refractivity contribution in [2.45, 2.75) is 29.9 Å². The van der Waals surface area contributed by atoms with E-state index in [2.05, 4.69) is 10.3 Å². The molecule has 1 atom stereocenters. The molecule has 1 heterocycles. The van der Waals surface area contributed by atoms with E-state index < -0.39 is 15.3 Å². The topological polar surface area (TPSA) is 108 Å². The van der Waals surface area contributed by atoms with Gasteiger partial charge in [-0.2, -0.15) is 0 Å². The minimum atomic E-state index is -3.63. The summed E-state index contributed by atoms with van der Waals surface area (Å²) in [6, 6.07) is 15.3. The number of carbonyl (C=O) groups is 2. The summed E-state index contributed by atoms with van der Waals surface area (Å²) < 4.78 is 31.6. The summed E-state index contributed by atoms with van der Waals surface area (Å²) in [6.07, 6.45) is 0.603. The van der Waals surface area contributed by atoms with Crippen molar-refractivity contribution in [3.8, 4) is 0 Å². The number of sulfonamides is 1. The van der Waals surface area contributed by atoms with Gasteiger partial charge in [0.2, 0.25) is 21.8 Å². The Labute approximate surface area is 210 Å². The molecule has 1 saturated heterocycles. The number of anilines is 1. The Bertz CT molecular complexity index is 1170. The molecule has 9 nitrogen and oxygen atoms in total. The third kappa shape index (κ3) is 7.14. The van der Waals surface area contributed by atoms with Gasteiger partial charge in [0.25, 0.3) is 0 Å². The highest BCUT2D eigenvalue weighted by atomic mass is 32.2. The van der Waals surface area contributed by atoms with Gasteiger partial charge in [0, 0.05) is 46.0 Å². The average Bonchev–Trinajstić information content (AvgIpc) is 3.11. The second kappa shape index (κ2) is 12.3. The fourth-order valence-electron chi connectivity index (χ4n) is 3.34. The number of nitrogens with one attached hydrogen (secondary N) is 1. The number of ether oxygens (including phenoxy) is 1. The summed E-state index contributed by atoms with van der Waals surface area (Å²) in [5.41, 5.74) is 1.07. The van der Waals surface area contributed by atoms with Gasteiger partial charge in [-0.05, 0) is 43.7 Å². The number of amides is 2. The molecule has 35 heavy (non-hydrogen) atoms. The van der Waals surface area contributed by atoms with Gasteiger partial charge in [-0.25, -0.2) is 17.7 Å². The molecule has 11 heteroatoms. The Hall–Kier alpha value is -2.73. The zero-order chi connectivity index (χ0) is 25.4. The standard InChI is InChI=1S/C24H30N4O5S2/c1-4-33-15-9-14-28-23(30)21(17-22(29)25-18-10-6-5-7-11-18)34-24(28)26-19-12-8-13-20(16-19)35(31,32)27(2)3/h5-8,10-13,16,21H,4,9,14-15,17H2,1-3H3,(H,25,29)/t21-/m0/s1. The van der Waals surface area contributed by atoms with E-state index in [0.29, 0.717) is 42.7 Å². The average molecular weight is 519 g/mol. The molecular formula is C24H30N4O5S2. The van der Waals surface area contributed by atoms with Crippen LogP contribution >= 0.6 is 11.8 Å². The summed E-state index contributed by atoms with van der Waals surface area (Å²) in [7, 11) is -0.701. The van der Waals surface area contributed by atoms with E-state index in [4.69, 9.17) is 4.74 Å². The van der Waals surface area contributed by atoms with Crippen molar-refractivity contribution >= 4 is 50.1 Å². The molecule has 2 amide bonds. The van der Waals surface area contributed by atoms with Crippen molar-refractivity contribution in [2.75, 3.05) is 39.2 Å². The largest absolute Gasteiger partial charge is 0.382 e. The maximum absolute atomic E-state index is 13.2. The van der Waals surface area contributed by atoms with Crippen LogP contribution in [-0.4, -0.2) is 73.7 Å². The number of rotatable bonds is 11. The number of benzene rings is 2. The second-order valence-corrected chi connectivity index (χ2v) is 11.3. The van der Waals surface area contributed by atoms with Gasteiger partial charge in [-0.15, -0.1) is 0 Å². The number of amidine groups is 1. The van der Waals surface area contributed by atoms with Crippen molar-refractivity contribution in [3.05, 3.63) is 54.6 Å². The van der Waals surface area contributed by atoms with Crippen LogP contribution in [0.3, 0.4) is 0 Å². The van der Waals surface area contributed by atoms with Crippen molar-refractivity contribution in [3.63, 3.8) is 0 Å². The Balaban J connectivity index is 1.81. The van der Waals surface area contributed by atoms with Crippen LogP contribution in [0, 0.1) is 0 Å². The molecule has 2 aromatic rings. The number of thioether (sulfide) groups is 1. The Morgan fingerprint density at radius 2 is 1.91 bits per heavy atom. The summed E-state index contributed by atoms with van der Waals surface area (Å²) in [5, 5.41) is 2.62. The fourth-order valence-corrected chi connectivity index (χ4v) is 5.46. The van der Waals surface area contributed by atoms with E-state index in [1.54, 1.807) is 29.2 Å². The highest BCUT2D eigenvalue weighted by Crippen LogP contribution is 2.32. The molecule has 188 valence electrons.